The van der Waals surface area contributed by atoms with E-state index in [9.17, 15) is 4.79 Å². The fourth-order valence-electron chi connectivity index (χ4n) is 4.31. The van der Waals surface area contributed by atoms with Crippen molar-refractivity contribution < 1.29 is 14.1 Å². The zero-order chi connectivity index (χ0) is 23.8. The molecule has 9 heteroatoms. The summed E-state index contributed by atoms with van der Waals surface area (Å²) in [6.45, 7) is 8.25. The summed E-state index contributed by atoms with van der Waals surface area (Å²) in [6, 6.07) is 13.6. The fourth-order valence-corrected chi connectivity index (χ4v) is 4.31. The van der Waals surface area contributed by atoms with Crippen molar-refractivity contribution in [1.29, 1.82) is 0 Å². The SMILES string of the molecule is Cc1ccc(C)c(C2CC3C(=O)N(Cc4nc(-c5ccc(OC(C)C)cc5)no4)N=CN3N2)c1. The monoisotopic (exact) mass is 460 g/mol. The Kier molecular flexibility index (Phi) is 5.79. The van der Waals surface area contributed by atoms with E-state index in [1.165, 1.54) is 21.7 Å². The molecular formula is C25H28N6O3. The van der Waals surface area contributed by atoms with E-state index in [2.05, 4.69) is 52.7 Å². The molecule has 1 fully saturated rings. The number of carbonyl (C=O) groups is 1. The third-order valence-electron chi connectivity index (χ3n) is 6.00. The lowest BCUT2D eigenvalue weighted by atomic mass is 9.95. The van der Waals surface area contributed by atoms with Crippen molar-refractivity contribution in [2.75, 3.05) is 0 Å². The van der Waals surface area contributed by atoms with Crippen LogP contribution in [0.2, 0.25) is 0 Å². The largest absolute Gasteiger partial charge is 0.491 e. The number of carbonyl (C=O) groups excluding carboxylic acids is 1. The molecule has 0 spiro atoms. The summed E-state index contributed by atoms with van der Waals surface area (Å²) in [4.78, 5) is 17.6. The summed E-state index contributed by atoms with van der Waals surface area (Å²) in [5.41, 5.74) is 7.82. The molecule has 2 atom stereocenters. The van der Waals surface area contributed by atoms with Crippen molar-refractivity contribution in [1.82, 2.24) is 25.6 Å². The van der Waals surface area contributed by atoms with Gasteiger partial charge in [-0.15, -0.1) is 0 Å². The number of rotatable bonds is 6. The van der Waals surface area contributed by atoms with Gasteiger partial charge >= 0.3 is 0 Å². The molecule has 1 saturated heterocycles. The highest BCUT2D eigenvalue weighted by Crippen LogP contribution is 2.32. The Balaban J connectivity index is 1.26. The minimum absolute atomic E-state index is 0.0536. The smallest absolute Gasteiger partial charge is 0.267 e. The Morgan fingerprint density at radius 1 is 1.18 bits per heavy atom. The quantitative estimate of drug-likeness (QED) is 0.598. The van der Waals surface area contributed by atoms with Crippen LogP contribution < -0.4 is 10.2 Å². The maximum atomic E-state index is 13.2. The second-order valence-corrected chi connectivity index (χ2v) is 9.03. The van der Waals surface area contributed by atoms with Gasteiger partial charge in [-0.2, -0.15) is 10.1 Å². The molecule has 0 aliphatic carbocycles. The Morgan fingerprint density at radius 2 is 1.97 bits per heavy atom. The summed E-state index contributed by atoms with van der Waals surface area (Å²) in [5.74, 6) is 1.47. The van der Waals surface area contributed by atoms with Crippen LogP contribution in [-0.2, 0) is 11.3 Å². The lowest BCUT2D eigenvalue weighted by Crippen LogP contribution is -2.50. The standard InChI is InChI=1S/C25H28N6O3/c1-15(2)33-19-9-7-18(8-10-19)24-27-23(34-29-24)13-30-25(32)22-12-21(28-31(22)14-26-30)20-11-16(3)5-6-17(20)4/h5-11,14-15,21-22,28H,12-13H2,1-4H3. The molecule has 2 aliphatic heterocycles. The molecule has 0 bridgehead atoms. The average molecular weight is 461 g/mol. The Labute approximate surface area is 198 Å². The predicted octanol–water partition coefficient (Wildman–Crippen LogP) is 3.75. The van der Waals surface area contributed by atoms with E-state index >= 15 is 0 Å². The molecular weight excluding hydrogens is 432 g/mol. The fraction of sp³-hybridized carbons (Fsp3) is 0.360. The van der Waals surface area contributed by atoms with Gasteiger partial charge in [-0.05, 0) is 69.5 Å². The molecule has 176 valence electrons. The minimum atomic E-state index is -0.335. The van der Waals surface area contributed by atoms with E-state index < -0.39 is 0 Å². The first-order valence-electron chi connectivity index (χ1n) is 11.4. The molecule has 34 heavy (non-hydrogen) atoms. The van der Waals surface area contributed by atoms with E-state index in [0.29, 0.717) is 18.1 Å². The lowest BCUT2D eigenvalue weighted by molar-refractivity contribution is -0.137. The number of ether oxygens (including phenoxy) is 1. The van der Waals surface area contributed by atoms with Crippen LogP contribution in [0.4, 0.5) is 0 Å². The number of hydrogen-bond donors (Lipinski definition) is 1. The normalized spacial score (nSPS) is 19.7. The number of hydrogen-bond acceptors (Lipinski definition) is 8. The van der Waals surface area contributed by atoms with E-state index in [1.54, 1.807) is 11.3 Å². The minimum Gasteiger partial charge on any atom is -0.491 e. The van der Waals surface area contributed by atoms with Crippen molar-refractivity contribution in [3.05, 3.63) is 65.0 Å². The van der Waals surface area contributed by atoms with Gasteiger partial charge in [-0.3, -0.25) is 9.80 Å². The number of aryl methyl sites for hydroxylation is 2. The number of nitrogens with zero attached hydrogens (tertiary/aromatic N) is 5. The Hall–Kier alpha value is -3.72. The van der Waals surface area contributed by atoms with Crippen LogP contribution in [0.25, 0.3) is 11.4 Å². The van der Waals surface area contributed by atoms with Gasteiger partial charge in [0.2, 0.25) is 11.7 Å². The Bertz CT molecular complexity index is 1220. The van der Waals surface area contributed by atoms with Gasteiger partial charge in [0, 0.05) is 5.56 Å². The first-order valence-corrected chi connectivity index (χ1v) is 11.4. The highest BCUT2D eigenvalue weighted by molar-refractivity contribution is 5.87. The van der Waals surface area contributed by atoms with Crippen LogP contribution in [0.15, 0.2) is 52.1 Å². The van der Waals surface area contributed by atoms with E-state index in [0.717, 1.165) is 11.3 Å². The van der Waals surface area contributed by atoms with Crippen molar-refractivity contribution in [2.45, 2.75) is 58.8 Å². The third kappa shape index (κ3) is 4.38. The molecule has 3 heterocycles. The van der Waals surface area contributed by atoms with Crippen LogP contribution in [0.3, 0.4) is 0 Å². The molecule has 0 saturated carbocycles. The zero-order valence-corrected chi connectivity index (χ0v) is 19.7. The molecule has 1 N–H and O–H groups in total. The van der Waals surface area contributed by atoms with Crippen LogP contribution in [0, 0.1) is 13.8 Å². The highest BCUT2D eigenvalue weighted by atomic mass is 16.5. The van der Waals surface area contributed by atoms with Crippen molar-refractivity contribution in [3.63, 3.8) is 0 Å². The first kappa shape index (κ1) is 22.1. The molecule has 9 nitrogen and oxygen atoms in total. The van der Waals surface area contributed by atoms with Gasteiger partial charge in [0.1, 0.15) is 24.7 Å². The lowest BCUT2D eigenvalue weighted by Gasteiger charge is -2.29. The van der Waals surface area contributed by atoms with E-state index in [4.69, 9.17) is 9.26 Å². The molecule has 1 aromatic heterocycles. The van der Waals surface area contributed by atoms with Crippen LogP contribution >= 0.6 is 0 Å². The van der Waals surface area contributed by atoms with Crippen molar-refractivity contribution >= 4 is 12.2 Å². The number of fused-ring (bicyclic) bond motifs is 1. The molecule has 3 aromatic rings. The van der Waals surface area contributed by atoms with Crippen molar-refractivity contribution in [2.24, 2.45) is 5.10 Å². The average Bonchev–Trinajstić information content (AvgIpc) is 3.45. The van der Waals surface area contributed by atoms with Crippen LogP contribution in [0.1, 0.15) is 48.9 Å². The molecule has 2 aliphatic rings. The number of aromatic nitrogens is 2. The van der Waals surface area contributed by atoms with Gasteiger partial charge in [-0.25, -0.2) is 10.4 Å². The van der Waals surface area contributed by atoms with E-state index in [-0.39, 0.29) is 30.6 Å². The van der Waals surface area contributed by atoms with Crippen LogP contribution in [0.5, 0.6) is 5.75 Å². The second-order valence-electron chi connectivity index (χ2n) is 9.03. The van der Waals surface area contributed by atoms with Gasteiger partial charge in [0.25, 0.3) is 5.91 Å². The highest BCUT2D eigenvalue weighted by Gasteiger charge is 2.41. The molecule has 2 unspecified atom stereocenters. The summed E-state index contributed by atoms with van der Waals surface area (Å²) >= 11 is 0. The maximum absolute atomic E-state index is 13.2. The molecule has 5 rings (SSSR count). The summed E-state index contributed by atoms with van der Waals surface area (Å²) < 4.78 is 11.1. The second kappa shape index (κ2) is 8.90. The summed E-state index contributed by atoms with van der Waals surface area (Å²) in [5, 5.41) is 11.6. The zero-order valence-electron chi connectivity index (χ0n) is 19.7. The van der Waals surface area contributed by atoms with Gasteiger partial charge in [0.15, 0.2) is 0 Å². The predicted molar refractivity (Wildman–Crippen MR) is 127 cm³/mol. The number of hydrazone groups is 1. The molecule has 1 amide bonds. The topological polar surface area (TPSA) is 96.1 Å². The first-order chi connectivity index (χ1) is 16.4. The summed E-state index contributed by atoms with van der Waals surface area (Å²) in [6.07, 6.45) is 2.42. The van der Waals surface area contributed by atoms with Gasteiger partial charge in [-0.1, -0.05) is 28.9 Å². The van der Waals surface area contributed by atoms with Gasteiger partial charge < -0.3 is 9.26 Å². The van der Waals surface area contributed by atoms with Gasteiger partial charge in [0.05, 0.1) is 12.1 Å². The molecule has 0 radical (unpaired) electrons. The number of hydrazine groups is 1. The van der Waals surface area contributed by atoms with E-state index in [1.807, 2.05) is 38.1 Å². The maximum Gasteiger partial charge on any atom is 0.267 e. The van der Waals surface area contributed by atoms with Crippen molar-refractivity contribution in [3.8, 4) is 17.1 Å². The number of benzene rings is 2. The van der Waals surface area contributed by atoms with Crippen LogP contribution in [-0.4, -0.2) is 44.5 Å². The number of amides is 1. The summed E-state index contributed by atoms with van der Waals surface area (Å²) in [7, 11) is 0. The number of nitrogens with one attached hydrogen (secondary N) is 1. The molecule has 2 aromatic carbocycles. The Morgan fingerprint density at radius 3 is 2.74 bits per heavy atom. The third-order valence-corrected chi connectivity index (χ3v) is 6.00.